The molecule has 2 aromatic heterocycles. The Kier molecular flexibility index (Phi) is 2.44. The molecule has 0 spiro atoms. The maximum atomic E-state index is 11.1. The van der Waals surface area contributed by atoms with Crippen LogP contribution in [0.3, 0.4) is 0 Å². The van der Waals surface area contributed by atoms with Crippen LogP contribution in [-0.4, -0.2) is 26.1 Å². The molecule has 0 saturated heterocycles. The van der Waals surface area contributed by atoms with Gasteiger partial charge in [-0.1, -0.05) is 5.21 Å². The third kappa shape index (κ3) is 1.95. The number of carbonyl (C=O) groups is 1. The maximum Gasteiger partial charge on any atom is 0.358 e. The number of aromatic carboxylic acids is 1. The highest BCUT2D eigenvalue weighted by Gasteiger charge is 2.33. The van der Waals surface area contributed by atoms with Crippen molar-refractivity contribution in [3.05, 3.63) is 33.8 Å². The molecule has 1 aliphatic rings. The maximum absolute atomic E-state index is 11.1. The van der Waals surface area contributed by atoms with E-state index < -0.39 is 5.97 Å². The van der Waals surface area contributed by atoms with E-state index in [0.717, 1.165) is 24.1 Å². The highest BCUT2D eigenvalue weighted by molar-refractivity contribution is 7.07. The Balaban J connectivity index is 1.96. The van der Waals surface area contributed by atoms with Crippen molar-refractivity contribution >= 4 is 17.3 Å². The number of hydrogen-bond donors (Lipinski definition) is 1. The van der Waals surface area contributed by atoms with Gasteiger partial charge in [0, 0.05) is 5.92 Å². The zero-order valence-electron chi connectivity index (χ0n) is 9.04. The Bertz CT molecular complexity index is 543. The molecule has 0 radical (unpaired) electrons. The van der Waals surface area contributed by atoms with Crippen molar-refractivity contribution in [1.29, 1.82) is 0 Å². The van der Waals surface area contributed by atoms with Crippen molar-refractivity contribution in [1.82, 2.24) is 15.0 Å². The first kappa shape index (κ1) is 10.5. The van der Waals surface area contributed by atoms with Gasteiger partial charge in [-0.15, -0.1) is 5.10 Å². The van der Waals surface area contributed by atoms with Gasteiger partial charge in [-0.3, -0.25) is 0 Å². The number of aromatic nitrogens is 3. The standard InChI is InChI=1S/C11H11N3O2S/c15-11(16)9-10(8-1-2-8)14(13-12-9)5-7-3-4-17-6-7/h3-4,6,8H,1-2,5H2,(H,15,16). The van der Waals surface area contributed by atoms with Gasteiger partial charge in [-0.25, -0.2) is 9.48 Å². The predicted molar refractivity (Wildman–Crippen MR) is 62.4 cm³/mol. The van der Waals surface area contributed by atoms with Crippen LogP contribution in [0.25, 0.3) is 0 Å². The van der Waals surface area contributed by atoms with Crippen molar-refractivity contribution in [2.45, 2.75) is 25.3 Å². The van der Waals surface area contributed by atoms with Gasteiger partial charge in [0.05, 0.1) is 12.2 Å². The van der Waals surface area contributed by atoms with Crippen LogP contribution in [0, 0.1) is 0 Å². The summed E-state index contributed by atoms with van der Waals surface area (Å²) in [6, 6.07) is 2.02. The predicted octanol–water partition coefficient (Wildman–Crippen LogP) is 1.96. The second kappa shape index (κ2) is 3.96. The van der Waals surface area contributed by atoms with E-state index in [-0.39, 0.29) is 5.69 Å². The molecular formula is C11H11N3O2S. The fraction of sp³-hybridized carbons (Fsp3) is 0.364. The fourth-order valence-corrected chi connectivity index (χ4v) is 2.57. The van der Waals surface area contributed by atoms with Gasteiger partial charge in [0.2, 0.25) is 0 Å². The Hall–Kier alpha value is -1.69. The zero-order valence-corrected chi connectivity index (χ0v) is 9.85. The monoisotopic (exact) mass is 249 g/mol. The van der Waals surface area contributed by atoms with Gasteiger partial charge < -0.3 is 5.11 Å². The molecule has 6 heteroatoms. The summed E-state index contributed by atoms with van der Waals surface area (Å²) in [5, 5.41) is 20.8. The molecule has 0 aliphatic heterocycles. The first-order valence-corrected chi connectivity index (χ1v) is 6.37. The van der Waals surface area contributed by atoms with E-state index >= 15 is 0 Å². The molecule has 1 N–H and O–H groups in total. The van der Waals surface area contributed by atoms with Gasteiger partial charge >= 0.3 is 5.97 Å². The van der Waals surface area contributed by atoms with Crippen LogP contribution >= 0.6 is 11.3 Å². The molecule has 0 amide bonds. The van der Waals surface area contributed by atoms with Crippen molar-refractivity contribution in [3.63, 3.8) is 0 Å². The van der Waals surface area contributed by atoms with E-state index in [0.29, 0.717) is 12.5 Å². The Morgan fingerprint density at radius 2 is 2.41 bits per heavy atom. The molecule has 5 nitrogen and oxygen atoms in total. The van der Waals surface area contributed by atoms with Gasteiger partial charge in [0.15, 0.2) is 5.69 Å². The van der Waals surface area contributed by atoms with Crippen molar-refractivity contribution in [2.75, 3.05) is 0 Å². The number of rotatable bonds is 4. The molecule has 1 aliphatic carbocycles. The topological polar surface area (TPSA) is 68.0 Å². The molecule has 2 heterocycles. The van der Waals surface area contributed by atoms with Crippen LogP contribution in [-0.2, 0) is 6.54 Å². The highest BCUT2D eigenvalue weighted by Crippen LogP contribution is 2.41. The second-order valence-corrected chi connectivity index (χ2v) is 4.97. The summed E-state index contributed by atoms with van der Waals surface area (Å²) in [5.74, 6) is -0.654. The average molecular weight is 249 g/mol. The quantitative estimate of drug-likeness (QED) is 0.899. The van der Waals surface area contributed by atoms with Crippen LogP contribution in [0.1, 0.15) is 40.5 Å². The van der Waals surface area contributed by atoms with E-state index in [9.17, 15) is 4.79 Å². The molecular weight excluding hydrogens is 238 g/mol. The minimum atomic E-state index is -0.983. The van der Waals surface area contributed by atoms with E-state index in [1.165, 1.54) is 0 Å². The minimum Gasteiger partial charge on any atom is -0.476 e. The normalized spacial score (nSPS) is 15.1. The van der Waals surface area contributed by atoms with Crippen LogP contribution in [0.4, 0.5) is 0 Å². The lowest BCUT2D eigenvalue weighted by Crippen LogP contribution is -2.08. The van der Waals surface area contributed by atoms with E-state index in [1.54, 1.807) is 16.0 Å². The van der Waals surface area contributed by atoms with Gasteiger partial charge in [-0.05, 0) is 35.2 Å². The molecule has 2 aromatic rings. The molecule has 17 heavy (non-hydrogen) atoms. The van der Waals surface area contributed by atoms with Crippen molar-refractivity contribution in [2.24, 2.45) is 0 Å². The smallest absolute Gasteiger partial charge is 0.358 e. The van der Waals surface area contributed by atoms with Crippen LogP contribution in [0.15, 0.2) is 16.8 Å². The first-order chi connectivity index (χ1) is 8.25. The van der Waals surface area contributed by atoms with Gasteiger partial charge in [0.1, 0.15) is 0 Å². The molecule has 1 fully saturated rings. The fourth-order valence-electron chi connectivity index (χ4n) is 1.91. The Morgan fingerprint density at radius 1 is 1.59 bits per heavy atom. The third-order valence-corrected chi connectivity index (χ3v) is 3.58. The van der Waals surface area contributed by atoms with E-state index in [2.05, 4.69) is 10.3 Å². The molecule has 88 valence electrons. The number of nitrogens with zero attached hydrogens (tertiary/aromatic N) is 3. The molecule has 3 rings (SSSR count). The number of carboxylic acids is 1. The Morgan fingerprint density at radius 3 is 3.00 bits per heavy atom. The average Bonchev–Trinajstić information content (AvgIpc) is 2.85. The summed E-state index contributed by atoms with van der Waals surface area (Å²) >= 11 is 1.62. The van der Waals surface area contributed by atoms with Gasteiger partial charge in [-0.2, -0.15) is 11.3 Å². The Labute approximate surface area is 102 Å². The number of carboxylic acid groups (broad SMARTS) is 1. The number of thiophene rings is 1. The van der Waals surface area contributed by atoms with Crippen molar-refractivity contribution < 1.29 is 9.90 Å². The van der Waals surface area contributed by atoms with Gasteiger partial charge in [0.25, 0.3) is 0 Å². The van der Waals surface area contributed by atoms with Crippen molar-refractivity contribution in [3.8, 4) is 0 Å². The second-order valence-electron chi connectivity index (χ2n) is 4.19. The van der Waals surface area contributed by atoms with Crippen LogP contribution in [0.5, 0.6) is 0 Å². The van der Waals surface area contributed by atoms with E-state index in [1.807, 2.05) is 16.8 Å². The van der Waals surface area contributed by atoms with Crippen LogP contribution in [0.2, 0.25) is 0 Å². The highest BCUT2D eigenvalue weighted by atomic mass is 32.1. The summed E-state index contributed by atoms with van der Waals surface area (Å²) in [7, 11) is 0. The minimum absolute atomic E-state index is 0.114. The largest absolute Gasteiger partial charge is 0.476 e. The SMILES string of the molecule is O=C(O)c1nnn(Cc2ccsc2)c1C1CC1. The lowest BCUT2D eigenvalue weighted by atomic mass is 10.2. The summed E-state index contributed by atoms with van der Waals surface area (Å²) in [6.45, 7) is 0.607. The molecule has 0 unspecified atom stereocenters. The first-order valence-electron chi connectivity index (χ1n) is 5.43. The number of hydrogen-bond acceptors (Lipinski definition) is 4. The lowest BCUT2D eigenvalue weighted by molar-refractivity contribution is 0.0689. The lowest BCUT2D eigenvalue weighted by Gasteiger charge is -2.04. The molecule has 0 aromatic carbocycles. The summed E-state index contributed by atoms with van der Waals surface area (Å²) < 4.78 is 1.73. The molecule has 0 bridgehead atoms. The van der Waals surface area contributed by atoms with E-state index in [4.69, 9.17) is 5.11 Å². The third-order valence-electron chi connectivity index (χ3n) is 2.85. The zero-order chi connectivity index (χ0) is 11.8. The summed E-state index contributed by atoms with van der Waals surface area (Å²) in [5.41, 5.74) is 2.03. The molecule has 1 saturated carbocycles. The summed E-state index contributed by atoms with van der Waals surface area (Å²) in [4.78, 5) is 11.1. The van der Waals surface area contributed by atoms with Crippen LogP contribution < -0.4 is 0 Å². The molecule has 0 atom stereocenters. The summed E-state index contributed by atoms with van der Waals surface area (Å²) in [6.07, 6.45) is 2.08.